The summed E-state index contributed by atoms with van der Waals surface area (Å²) in [7, 11) is 4.60. The number of allylic oxidation sites excluding steroid dienone is 2. The van der Waals surface area contributed by atoms with Gasteiger partial charge < -0.3 is 24.1 Å². The third-order valence-electron chi connectivity index (χ3n) is 7.31. The van der Waals surface area contributed by atoms with Crippen LogP contribution >= 0.6 is 0 Å². The van der Waals surface area contributed by atoms with Crippen LogP contribution in [-0.4, -0.2) is 49.4 Å². The second kappa shape index (κ2) is 6.87. The van der Waals surface area contributed by atoms with Gasteiger partial charge in [0.2, 0.25) is 5.75 Å². The maximum Gasteiger partial charge on any atom is 0.274 e. The van der Waals surface area contributed by atoms with Crippen LogP contribution in [0.5, 0.6) is 17.2 Å². The van der Waals surface area contributed by atoms with Crippen LogP contribution in [0.2, 0.25) is 0 Å². The van der Waals surface area contributed by atoms with Gasteiger partial charge in [-0.1, -0.05) is 0 Å². The number of rotatable bonds is 4. The minimum absolute atomic E-state index is 0.141. The van der Waals surface area contributed by atoms with Gasteiger partial charge in [0.1, 0.15) is 5.69 Å². The van der Waals surface area contributed by atoms with Crippen molar-refractivity contribution in [1.29, 1.82) is 5.26 Å². The largest absolute Gasteiger partial charge is 0.493 e. The number of ketones is 1. The zero-order valence-corrected chi connectivity index (χ0v) is 18.9. The van der Waals surface area contributed by atoms with Gasteiger partial charge in [0, 0.05) is 34.7 Å². The number of hydrogen-bond donors (Lipinski definition) is 1. The number of nitrogens with zero attached hydrogens (tertiary/aromatic N) is 2. The molecule has 0 bridgehead atoms. The van der Waals surface area contributed by atoms with Gasteiger partial charge in [-0.3, -0.25) is 9.59 Å². The number of fused-ring (bicyclic) bond motifs is 2. The van der Waals surface area contributed by atoms with E-state index in [0.717, 1.165) is 23.1 Å². The Kier molecular flexibility index (Phi) is 4.12. The molecule has 1 N–H and O–H groups in total. The molecule has 2 atom stereocenters. The Morgan fingerprint density at radius 3 is 2.65 bits per heavy atom. The van der Waals surface area contributed by atoms with Crippen LogP contribution in [0.3, 0.4) is 0 Å². The number of nitrogens with one attached hydrogen (secondary N) is 1. The number of benzene rings is 2. The van der Waals surface area contributed by atoms with Crippen molar-refractivity contribution in [2.75, 3.05) is 27.9 Å². The summed E-state index contributed by atoms with van der Waals surface area (Å²) in [5.41, 5.74) is 3.35. The number of aromatic nitrogens is 1. The van der Waals surface area contributed by atoms with E-state index < -0.39 is 0 Å². The maximum atomic E-state index is 13.7. The van der Waals surface area contributed by atoms with Crippen molar-refractivity contribution in [1.82, 2.24) is 9.88 Å². The van der Waals surface area contributed by atoms with E-state index in [1.807, 2.05) is 0 Å². The Hall–Kier alpha value is -4.25. The van der Waals surface area contributed by atoms with E-state index in [9.17, 15) is 14.9 Å². The summed E-state index contributed by atoms with van der Waals surface area (Å²) in [5.74, 6) is 1.24. The number of carbonyl (C=O) groups is 2. The molecule has 170 valence electrons. The lowest BCUT2D eigenvalue weighted by Gasteiger charge is -2.29. The lowest BCUT2D eigenvalue weighted by molar-refractivity contribution is 0.0806. The fourth-order valence-electron chi connectivity index (χ4n) is 5.69. The van der Waals surface area contributed by atoms with Crippen molar-refractivity contribution in [2.24, 2.45) is 5.92 Å². The summed E-state index contributed by atoms with van der Waals surface area (Å²) < 4.78 is 16.4. The average Bonchev–Trinajstić information content (AvgIpc) is 3.25. The van der Waals surface area contributed by atoms with E-state index in [1.54, 1.807) is 48.4 Å². The number of amides is 1. The van der Waals surface area contributed by atoms with Crippen LogP contribution < -0.4 is 14.2 Å². The molecular formula is C26H21N3O5. The van der Waals surface area contributed by atoms with Gasteiger partial charge in [0.15, 0.2) is 17.3 Å². The molecule has 2 aromatic carbocycles. The minimum atomic E-state index is -0.373. The Morgan fingerprint density at radius 1 is 1.15 bits per heavy atom. The van der Waals surface area contributed by atoms with E-state index in [0.29, 0.717) is 46.1 Å². The fraction of sp³-hybridized carbons (Fsp3) is 0.269. The molecule has 34 heavy (non-hydrogen) atoms. The highest BCUT2D eigenvalue weighted by Crippen LogP contribution is 2.66. The van der Waals surface area contributed by atoms with Crippen molar-refractivity contribution in [2.45, 2.75) is 11.8 Å². The summed E-state index contributed by atoms with van der Waals surface area (Å²) in [6.45, 7) is 0.521. The molecule has 1 unspecified atom stereocenters. The van der Waals surface area contributed by atoms with Crippen molar-refractivity contribution < 1.29 is 23.8 Å². The Morgan fingerprint density at radius 2 is 1.94 bits per heavy atom. The summed E-state index contributed by atoms with van der Waals surface area (Å²) >= 11 is 0. The van der Waals surface area contributed by atoms with Crippen molar-refractivity contribution >= 4 is 22.6 Å². The number of nitriles is 1. The quantitative estimate of drug-likeness (QED) is 0.645. The number of methoxy groups -OCH3 is 3. The number of piperidine rings is 1. The number of H-pyrrole nitrogens is 1. The summed E-state index contributed by atoms with van der Waals surface area (Å²) in [6, 6.07) is 10.9. The summed E-state index contributed by atoms with van der Waals surface area (Å²) in [6.07, 6.45) is 2.46. The van der Waals surface area contributed by atoms with E-state index in [4.69, 9.17) is 14.2 Å². The number of likely N-dealkylation sites (tertiary alicyclic amines) is 1. The molecule has 2 heterocycles. The fourth-order valence-corrected chi connectivity index (χ4v) is 5.69. The molecule has 1 saturated carbocycles. The lowest BCUT2D eigenvalue weighted by Crippen LogP contribution is -2.34. The maximum absolute atomic E-state index is 13.7. The first-order valence-electron chi connectivity index (χ1n) is 10.9. The highest BCUT2D eigenvalue weighted by molar-refractivity contribution is 6.10. The van der Waals surface area contributed by atoms with Gasteiger partial charge in [-0.15, -0.1) is 0 Å². The van der Waals surface area contributed by atoms with Gasteiger partial charge >= 0.3 is 0 Å². The second-order valence-electron chi connectivity index (χ2n) is 8.85. The number of hydrogen-bond acceptors (Lipinski definition) is 6. The molecule has 0 radical (unpaired) electrons. The standard InChI is InChI=1S/C26H21N3O5/c1-32-20-8-14-7-18(28-22(14)24(34-3)23(20)33-2)25(31)29-12-15-10-26(15)17-6-13(11-27)4-5-16(17)19(30)9-21(26)29/h4-9,15,28H,10,12H2,1-3H3/t15-,26?/m1/s1. The van der Waals surface area contributed by atoms with Crippen molar-refractivity contribution in [3.63, 3.8) is 0 Å². The van der Waals surface area contributed by atoms with Gasteiger partial charge in [-0.25, -0.2) is 0 Å². The van der Waals surface area contributed by atoms with Crippen LogP contribution in [0.4, 0.5) is 0 Å². The SMILES string of the molecule is COc1cc2cc(C(=O)N3C[C@H]4CC45C3=CC(=O)c3ccc(C#N)cc35)[nH]c2c(OC)c1OC. The number of ether oxygens (including phenoxy) is 3. The molecule has 3 aliphatic rings. The highest BCUT2D eigenvalue weighted by atomic mass is 16.5. The number of carbonyl (C=O) groups excluding carboxylic acids is 2. The van der Waals surface area contributed by atoms with E-state index in [1.165, 1.54) is 14.2 Å². The second-order valence-corrected chi connectivity index (χ2v) is 8.85. The average molecular weight is 455 g/mol. The lowest BCUT2D eigenvalue weighted by atomic mass is 9.80. The molecule has 8 nitrogen and oxygen atoms in total. The van der Waals surface area contributed by atoms with Gasteiger partial charge in [0.05, 0.1) is 38.5 Å². The van der Waals surface area contributed by atoms with E-state index in [-0.39, 0.29) is 23.0 Å². The monoisotopic (exact) mass is 455 g/mol. The Labute approximate surface area is 195 Å². The predicted octanol–water partition coefficient (Wildman–Crippen LogP) is 3.56. The topological polar surface area (TPSA) is 105 Å². The minimum Gasteiger partial charge on any atom is -0.493 e. The first-order valence-corrected chi connectivity index (χ1v) is 10.9. The molecular weight excluding hydrogens is 434 g/mol. The molecule has 6 rings (SSSR count). The zero-order valence-electron chi connectivity index (χ0n) is 18.9. The van der Waals surface area contributed by atoms with Gasteiger partial charge in [-0.05, 0) is 48.2 Å². The smallest absolute Gasteiger partial charge is 0.274 e. The van der Waals surface area contributed by atoms with Crippen LogP contribution in [-0.2, 0) is 5.41 Å². The molecule has 2 aliphatic carbocycles. The molecule has 1 aromatic heterocycles. The van der Waals surface area contributed by atoms with Crippen molar-refractivity contribution in [3.05, 3.63) is 64.5 Å². The van der Waals surface area contributed by atoms with Crippen LogP contribution in [0, 0.1) is 17.2 Å². The number of aromatic amines is 1. The summed E-state index contributed by atoms with van der Waals surface area (Å²) in [5, 5.41) is 10.1. The first kappa shape index (κ1) is 20.4. The molecule has 1 saturated heterocycles. The van der Waals surface area contributed by atoms with Crippen molar-refractivity contribution in [3.8, 4) is 23.3 Å². The zero-order chi connectivity index (χ0) is 23.8. The molecule has 1 amide bonds. The van der Waals surface area contributed by atoms with E-state index in [2.05, 4.69) is 11.1 Å². The summed E-state index contributed by atoms with van der Waals surface area (Å²) in [4.78, 5) is 31.5. The van der Waals surface area contributed by atoms with Crippen LogP contribution in [0.1, 0.15) is 38.4 Å². The first-order chi connectivity index (χ1) is 16.5. The van der Waals surface area contributed by atoms with Crippen LogP contribution in [0.15, 0.2) is 42.1 Å². The predicted molar refractivity (Wildman–Crippen MR) is 122 cm³/mol. The molecule has 1 spiro atoms. The third-order valence-corrected chi connectivity index (χ3v) is 7.31. The molecule has 3 aromatic rings. The Balaban J connectivity index is 1.43. The molecule has 1 aliphatic heterocycles. The van der Waals surface area contributed by atoms with Gasteiger partial charge in [0.25, 0.3) is 5.91 Å². The Bertz CT molecular complexity index is 1490. The molecule has 8 heteroatoms. The van der Waals surface area contributed by atoms with E-state index >= 15 is 0 Å². The highest BCUT2D eigenvalue weighted by Gasteiger charge is 2.67. The third kappa shape index (κ3) is 2.47. The normalized spacial score (nSPS) is 21.8. The van der Waals surface area contributed by atoms with Gasteiger partial charge in [-0.2, -0.15) is 5.26 Å². The molecule has 2 fully saturated rings. The van der Waals surface area contributed by atoms with Crippen LogP contribution in [0.25, 0.3) is 10.9 Å².